The van der Waals surface area contributed by atoms with E-state index in [4.69, 9.17) is 15.0 Å². The molecule has 1 unspecified atom stereocenters. The van der Waals surface area contributed by atoms with E-state index in [9.17, 15) is 0 Å². The first-order valence-electron chi connectivity index (χ1n) is 6.42. The lowest BCUT2D eigenvalue weighted by Crippen LogP contribution is -2.05. The number of benzene rings is 1. The highest BCUT2D eigenvalue weighted by Gasteiger charge is 2.35. The minimum atomic E-state index is -0.0662. The Kier molecular flexibility index (Phi) is 2.98. The largest absolute Gasteiger partial charge is 0.398 e. The molecule has 1 fully saturated rings. The Hall–Kier alpha value is -1.88. The van der Waals surface area contributed by atoms with Gasteiger partial charge in [-0.3, -0.25) is 0 Å². The quantitative estimate of drug-likeness (QED) is 0.854. The van der Waals surface area contributed by atoms with Crippen LogP contribution < -0.4 is 5.73 Å². The topological polar surface area (TPSA) is 74.2 Å². The number of anilines is 1. The third kappa shape index (κ3) is 2.33. The maximum absolute atomic E-state index is 5.95. The Morgan fingerprint density at radius 2 is 2.21 bits per heavy atom. The van der Waals surface area contributed by atoms with Crippen molar-refractivity contribution in [3.63, 3.8) is 0 Å². The first-order chi connectivity index (χ1) is 9.19. The predicted molar refractivity (Wildman–Crippen MR) is 71.4 cm³/mol. The zero-order valence-electron chi connectivity index (χ0n) is 11.1. The van der Waals surface area contributed by atoms with E-state index in [1.165, 1.54) is 0 Å². The van der Waals surface area contributed by atoms with Gasteiger partial charge in [-0.25, -0.2) is 0 Å². The lowest BCUT2D eigenvalue weighted by Gasteiger charge is -2.08. The van der Waals surface area contributed by atoms with Crippen LogP contribution in [0.5, 0.6) is 0 Å². The van der Waals surface area contributed by atoms with Gasteiger partial charge in [0, 0.05) is 12.8 Å². The van der Waals surface area contributed by atoms with Crippen molar-refractivity contribution in [3.8, 4) is 11.5 Å². The highest BCUT2D eigenvalue weighted by atomic mass is 16.5. The molecule has 19 heavy (non-hydrogen) atoms. The van der Waals surface area contributed by atoms with Gasteiger partial charge < -0.3 is 15.0 Å². The lowest BCUT2D eigenvalue weighted by molar-refractivity contribution is 0.0751. The highest BCUT2D eigenvalue weighted by molar-refractivity contribution is 5.70. The van der Waals surface area contributed by atoms with Gasteiger partial charge in [0.15, 0.2) is 0 Å². The average molecular weight is 259 g/mol. The summed E-state index contributed by atoms with van der Waals surface area (Å²) in [5.41, 5.74) is 8.48. The zero-order chi connectivity index (χ0) is 13.4. The SMILES string of the molecule is COC(c1noc(-c2cc(C)ccc2N)n1)C1CC1. The van der Waals surface area contributed by atoms with Crippen LogP contribution in [0.2, 0.25) is 0 Å². The Bertz CT molecular complexity index is 590. The molecule has 0 bridgehead atoms. The molecule has 5 heteroatoms. The fourth-order valence-corrected chi connectivity index (χ4v) is 2.22. The molecule has 1 atom stereocenters. The van der Waals surface area contributed by atoms with Gasteiger partial charge in [-0.15, -0.1) is 0 Å². The molecule has 3 rings (SSSR count). The molecule has 2 N–H and O–H groups in total. The number of ether oxygens (including phenoxy) is 1. The molecule has 1 aliphatic rings. The standard InChI is InChI=1S/C14H17N3O2/c1-8-3-6-11(15)10(7-8)14-16-13(17-19-14)12(18-2)9-4-5-9/h3,6-7,9,12H,4-5,15H2,1-2H3. The Morgan fingerprint density at radius 1 is 1.42 bits per heavy atom. The van der Waals surface area contributed by atoms with E-state index in [-0.39, 0.29) is 6.10 Å². The van der Waals surface area contributed by atoms with Gasteiger partial charge in [-0.05, 0) is 37.8 Å². The van der Waals surface area contributed by atoms with Crippen LogP contribution >= 0.6 is 0 Å². The van der Waals surface area contributed by atoms with E-state index < -0.39 is 0 Å². The van der Waals surface area contributed by atoms with Gasteiger partial charge in [0.1, 0.15) is 6.10 Å². The van der Waals surface area contributed by atoms with Crippen molar-refractivity contribution < 1.29 is 9.26 Å². The fourth-order valence-electron chi connectivity index (χ4n) is 2.22. The summed E-state index contributed by atoms with van der Waals surface area (Å²) in [5, 5.41) is 4.03. The van der Waals surface area contributed by atoms with Crippen molar-refractivity contribution in [1.82, 2.24) is 10.1 Å². The molecule has 1 aliphatic carbocycles. The number of aromatic nitrogens is 2. The van der Waals surface area contributed by atoms with Gasteiger partial charge >= 0.3 is 0 Å². The van der Waals surface area contributed by atoms with Crippen molar-refractivity contribution in [2.24, 2.45) is 5.92 Å². The van der Waals surface area contributed by atoms with Gasteiger partial charge in [-0.2, -0.15) is 4.98 Å². The minimum absolute atomic E-state index is 0.0662. The smallest absolute Gasteiger partial charge is 0.260 e. The van der Waals surface area contributed by atoms with Crippen LogP contribution in [0.4, 0.5) is 5.69 Å². The fraction of sp³-hybridized carbons (Fsp3) is 0.429. The van der Waals surface area contributed by atoms with E-state index in [2.05, 4.69) is 10.1 Å². The maximum atomic E-state index is 5.95. The Morgan fingerprint density at radius 3 is 2.89 bits per heavy atom. The van der Waals surface area contributed by atoms with E-state index in [0.717, 1.165) is 24.0 Å². The Balaban J connectivity index is 1.94. The summed E-state index contributed by atoms with van der Waals surface area (Å²) < 4.78 is 10.8. The molecule has 0 saturated heterocycles. The third-order valence-corrected chi connectivity index (χ3v) is 3.44. The number of nitrogens with two attached hydrogens (primary N) is 1. The van der Waals surface area contributed by atoms with Crippen LogP contribution in [-0.2, 0) is 4.74 Å². The summed E-state index contributed by atoms with van der Waals surface area (Å²) in [6, 6.07) is 5.76. The molecule has 5 nitrogen and oxygen atoms in total. The zero-order valence-corrected chi connectivity index (χ0v) is 11.1. The number of methoxy groups -OCH3 is 1. The second-order valence-electron chi connectivity index (χ2n) is 5.04. The van der Waals surface area contributed by atoms with Crippen molar-refractivity contribution in [1.29, 1.82) is 0 Å². The van der Waals surface area contributed by atoms with Crippen molar-refractivity contribution >= 4 is 5.69 Å². The predicted octanol–water partition coefficient (Wildman–Crippen LogP) is 2.72. The van der Waals surface area contributed by atoms with E-state index in [0.29, 0.717) is 23.3 Å². The molecule has 1 aromatic carbocycles. The first-order valence-corrected chi connectivity index (χ1v) is 6.42. The summed E-state index contributed by atoms with van der Waals surface area (Å²) in [4.78, 5) is 4.43. The second kappa shape index (κ2) is 4.66. The molecule has 1 aromatic heterocycles. The van der Waals surface area contributed by atoms with Crippen LogP contribution in [0.15, 0.2) is 22.7 Å². The van der Waals surface area contributed by atoms with Crippen molar-refractivity contribution in [2.45, 2.75) is 25.9 Å². The van der Waals surface area contributed by atoms with Crippen molar-refractivity contribution in [2.75, 3.05) is 12.8 Å². The van der Waals surface area contributed by atoms with Gasteiger partial charge in [-0.1, -0.05) is 16.8 Å². The van der Waals surface area contributed by atoms with Gasteiger partial charge in [0.05, 0.1) is 5.56 Å². The average Bonchev–Trinajstić information content (AvgIpc) is 3.11. The summed E-state index contributed by atoms with van der Waals surface area (Å²) in [7, 11) is 1.68. The van der Waals surface area contributed by atoms with Gasteiger partial charge in [0.25, 0.3) is 5.89 Å². The van der Waals surface area contributed by atoms with E-state index in [1.807, 2.05) is 25.1 Å². The monoisotopic (exact) mass is 259 g/mol. The van der Waals surface area contributed by atoms with Crippen LogP contribution in [0, 0.1) is 12.8 Å². The molecule has 1 saturated carbocycles. The highest BCUT2D eigenvalue weighted by Crippen LogP contribution is 2.42. The van der Waals surface area contributed by atoms with Crippen LogP contribution in [0.25, 0.3) is 11.5 Å². The molecule has 1 heterocycles. The first kappa shape index (κ1) is 12.2. The molecule has 0 amide bonds. The van der Waals surface area contributed by atoms with Crippen LogP contribution in [-0.4, -0.2) is 17.3 Å². The second-order valence-corrected chi connectivity index (χ2v) is 5.04. The number of aryl methyl sites for hydroxylation is 1. The normalized spacial score (nSPS) is 16.5. The Labute approximate surface area is 111 Å². The molecular weight excluding hydrogens is 242 g/mol. The lowest BCUT2D eigenvalue weighted by atomic mass is 10.1. The molecule has 2 aromatic rings. The molecule has 0 spiro atoms. The third-order valence-electron chi connectivity index (χ3n) is 3.44. The van der Waals surface area contributed by atoms with Crippen molar-refractivity contribution in [3.05, 3.63) is 29.6 Å². The molecule has 100 valence electrons. The summed E-state index contributed by atoms with van der Waals surface area (Å²) in [5.74, 6) is 1.59. The summed E-state index contributed by atoms with van der Waals surface area (Å²) in [6.45, 7) is 2.00. The molecule has 0 radical (unpaired) electrons. The molecular formula is C14H17N3O2. The van der Waals surface area contributed by atoms with E-state index in [1.54, 1.807) is 7.11 Å². The number of nitrogens with zero attached hydrogens (tertiary/aromatic N) is 2. The summed E-state index contributed by atoms with van der Waals surface area (Å²) >= 11 is 0. The summed E-state index contributed by atoms with van der Waals surface area (Å²) in [6.07, 6.45) is 2.26. The number of rotatable bonds is 4. The van der Waals surface area contributed by atoms with E-state index >= 15 is 0 Å². The van der Waals surface area contributed by atoms with Crippen LogP contribution in [0.3, 0.4) is 0 Å². The molecule has 0 aliphatic heterocycles. The number of hydrogen-bond acceptors (Lipinski definition) is 5. The van der Waals surface area contributed by atoms with Crippen LogP contribution in [0.1, 0.15) is 30.3 Å². The maximum Gasteiger partial charge on any atom is 0.260 e. The minimum Gasteiger partial charge on any atom is -0.398 e. The number of hydrogen-bond donors (Lipinski definition) is 1. The van der Waals surface area contributed by atoms with Gasteiger partial charge in [0.2, 0.25) is 5.82 Å². The number of nitrogen functional groups attached to an aromatic ring is 1.